The first-order chi connectivity index (χ1) is 10.6. The highest BCUT2D eigenvalue weighted by Gasteiger charge is 2.43. The fourth-order valence-electron chi connectivity index (χ4n) is 4.65. The van der Waals surface area contributed by atoms with Crippen LogP contribution >= 0.6 is 0 Å². The van der Waals surface area contributed by atoms with Crippen LogP contribution in [0.2, 0.25) is 0 Å². The molecule has 4 nitrogen and oxygen atoms in total. The lowest BCUT2D eigenvalue weighted by Crippen LogP contribution is -2.49. The van der Waals surface area contributed by atoms with E-state index in [0.717, 1.165) is 25.9 Å². The molecule has 2 fully saturated rings. The van der Waals surface area contributed by atoms with Crippen LogP contribution in [-0.2, 0) is 13.0 Å². The Morgan fingerprint density at radius 3 is 2.95 bits per heavy atom. The molecule has 0 radical (unpaired) electrons. The Morgan fingerprint density at radius 2 is 2.18 bits per heavy atom. The van der Waals surface area contributed by atoms with E-state index < -0.39 is 5.60 Å². The van der Waals surface area contributed by atoms with Crippen LogP contribution in [0.3, 0.4) is 0 Å². The first kappa shape index (κ1) is 16.0. The summed E-state index contributed by atoms with van der Waals surface area (Å²) in [6, 6.07) is 2.72. The van der Waals surface area contributed by atoms with Crippen molar-refractivity contribution >= 4 is 0 Å². The number of aromatic nitrogens is 2. The van der Waals surface area contributed by atoms with Gasteiger partial charge in [0.15, 0.2) is 0 Å². The number of hydrogen-bond donors (Lipinski definition) is 1. The highest BCUT2D eigenvalue weighted by Crippen LogP contribution is 2.40. The zero-order valence-corrected chi connectivity index (χ0v) is 14.2. The molecule has 0 bridgehead atoms. The summed E-state index contributed by atoms with van der Waals surface area (Å²) < 4.78 is 2.10. The lowest BCUT2D eigenvalue weighted by molar-refractivity contribution is -0.0616. The van der Waals surface area contributed by atoms with Crippen LogP contribution < -0.4 is 0 Å². The largest absolute Gasteiger partial charge is 0.390 e. The number of nitrogens with zero attached hydrogens (tertiary/aromatic N) is 3. The molecule has 1 saturated carbocycles. The van der Waals surface area contributed by atoms with Crippen LogP contribution in [0.25, 0.3) is 0 Å². The van der Waals surface area contributed by atoms with Gasteiger partial charge in [-0.05, 0) is 52.1 Å². The molecule has 2 heterocycles. The van der Waals surface area contributed by atoms with Crippen LogP contribution in [0.1, 0.15) is 58.1 Å². The topological polar surface area (TPSA) is 41.3 Å². The Balaban J connectivity index is 1.63. The normalized spacial score (nSPS) is 33.4. The first-order valence-corrected chi connectivity index (χ1v) is 9.09. The molecule has 1 aromatic rings. The average molecular weight is 305 g/mol. The van der Waals surface area contributed by atoms with Crippen LogP contribution in [0.5, 0.6) is 0 Å². The highest BCUT2D eigenvalue weighted by atomic mass is 16.3. The van der Waals surface area contributed by atoms with Crippen LogP contribution in [0, 0.1) is 5.92 Å². The fraction of sp³-hybridized carbons (Fsp3) is 0.833. The predicted molar refractivity (Wildman–Crippen MR) is 88.8 cm³/mol. The van der Waals surface area contributed by atoms with Crippen molar-refractivity contribution in [3.63, 3.8) is 0 Å². The average Bonchev–Trinajstić information content (AvgIpc) is 3.13. The second-order valence-electron chi connectivity index (χ2n) is 7.34. The van der Waals surface area contributed by atoms with Crippen molar-refractivity contribution in [3.05, 3.63) is 18.0 Å². The zero-order valence-electron chi connectivity index (χ0n) is 14.2. The van der Waals surface area contributed by atoms with Gasteiger partial charge in [0.05, 0.1) is 5.60 Å². The molecule has 0 aromatic carbocycles. The summed E-state index contributed by atoms with van der Waals surface area (Å²) in [5.74, 6) is 0.458. The molecule has 1 saturated heterocycles. The van der Waals surface area contributed by atoms with E-state index in [4.69, 9.17) is 0 Å². The third kappa shape index (κ3) is 3.23. The third-order valence-electron chi connectivity index (χ3n) is 5.88. The monoisotopic (exact) mass is 305 g/mol. The Hall–Kier alpha value is -0.870. The minimum Gasteiger partial charge on any atom is -0.390 e. The van der Waals surface area contributed by atoms with E-state index >= 15 is 0 Å². The van der Waals surface area contributed by atoms with E-state index in [1.165, 1.54) is 44.3 Å². The molecule has 4 heteroatoms. The SMILES string of the molecule is CCn1nccc1CCN1CCCC1C1CCCCC1(C)O. The van der Waals surface area contributed by atoms with Gasteiger partial charge in [0.1, 0.15) is 0 Å². The van der Waals surface area contributed by atoms with Gasteiger partial charge in [0.25, 0.3) is 0 Å². The molecule has 124 valence electrons. The lowest BCUT2D eigenvalue weighted by atomic mass is 9.72. The Kier molecular flexibility index (Phi) is 4.88. The summed E-state index contributed by atoms with van der Waals surface area (Å²) in [5.41, 5.74) is 0.875. The molecule has 3 atom stereocenters. The Morgan fingerprint density at radius 1 is 1.32 bits per heavy atom. The van der Waals surface area contributed by atoms with Gasteiger partial charge >= 0.3 is 0 Å². The third-order valence-corrected chi connectivity index (χ3v) is 5.88. The standard InChI is InChI=1S/C18H31N3O/c1-3-21-15(9-12-19-21)10-14-20-13-6-8-17(20)16-7-4-5-11-18(16,2)22/h9,12,16-17,22H,3-8,10-11,13-14H2,1-2H3. The van der Waals surface area contributed by atoms with Gasteiger partial charge in [-0.2, -0.15) is 5.10 Å². The summed E-state index contributed by atoms with van der Waals surface area (Å²) in [4.78, 5) is 2.64. The van der Waals surface area contributed by atoms with Crippen molar-refractivity contribution in [2.24, 2.45) is 5.92 Å². The molecule has 1 aromatic heterocycles. The van der Waals surface area contributed by atoms with E-state index in [-0.39, 0.29) is 0 Å². The van der Waals surface area contributed by atoms with Crippen LogP contribution in [0.15, 0.2) is 12.3 Å². The van der Waals surface area contributed by atoms with E-state index in [9.17, 15) is 5.11 Å². The number of likely N-dealkylation sites (tertiary alicyclic amines) is 1. The zero-order chi connectivity index (χ0) is 15.6. The quantitative estimate of drug-likeness (QED) is 0.909. The molecule has 0 spiro atoms. The number of rotatable bonds is 5. The van der Waals surface area contributed by atoms with E-state index in [2.05, 4.69) is 34.6 Å². The van der Waals surface area contributed by atoms with Crippen molar-refractivity contribution in [2.75, 3.05) is 13.1 Å². The maximum atomic E-state index is 10.8. The van der Waals surface area contributed by atoms with Gasteiger partial charge in [-0.3, -0.25) is 9.58 Å². The molecular formula is C18H31N3O. The molecule has 22 heavy (non-hydrogen) atoms. The number of aryl methyl sites for hydroxylation is 1. The molecule has 3 rings (SSSR count). The van der Waals surface area contributed by atoms with Gasteiger partial charge in [0, 0.05) is 43.4 Å². The second kappa shape index (κ2) is 6.71. The Labute approximate surface area is 134 Å². The number of hydrogen-bond acceptors (Lipinski definition) is 3. The fourth-order valence-corrected chi connectivity index (χ4v) is 4.65. The van der Waals surface area contributed by atoms with Crippen molar-refractivity contribution < 1.29 is 5.11 Å². The van der Waals surface area contributed by atoms with Crippen molar-refractivity contribution in [1.82, 2.24) is 14.7 Å². The molecule has 1 N–H and O–H groups in total. The predicted octanol–water partition coefficient (Wildman–Crippen LogP) is 2.85. The maximum Gasteiger partial charge on any atom is 0.0662 e. The van der Waals surface area contributed by atoms with Gasteiger partial charge in [-0.25, -0.2) is 0 Å². The maximum absolute atomic E-state index is 10.8. The van der Waals surface area contributed by atoms with Crippen LogP contribution in [0.4, 0.5) is 0 Å². The highest BCUT2D eigenvalue weighted by molar-refractivity contribution is 5.02. The van der Waals surface area contributed by atoms with Crippen molar-refractivity contribution in [3.8, 4) is 0 Å². The minimum atomic E-state index is -0.462. The van der Waals surface area contributed by atoms with Crippen molar-refractivity contribution in [2.45, 2.75) is 77.0 Å². The number of aliphatic hydroxyl groups is 1. The van der Waals surface area contributed by atoms with Gasteiger partial charge in [-0.15, -0.1) is 0 Å². The molecule has 1 aliphatic heterocycles. The molecule has 2 aliphatic rings. The molecule has 0 amide bonds. The summed E-state index contributed by atoms with van der Waals surface area (Å²) in [6.07, 6.45) is 10.2. The van der Waals surface area contributed by atoms with Crippen LogP contribution in [-0.4, -0.2) is 44.5 Å². The summed E-state index contributed by atoms with van der Waals surface area (Å²) in [6.45, 7) is 7.46. The molecule has 1 aliphatic carbocycles. The lowest BCUT2D eigenvalue weighted by Gasteiger charge is -2.43. The summed E-state index contributed by atoms with van der Waals surface area (Å²) >= 11 is 0. The van der Waals surface area contributed by atoms with Crippen molar-refractivity contribution in [1.29, 1.82) is 0 Å². The van der Waals surface area contributed by atoms with E-state index in [1.54, 1.807) is 0 Å². The van der Waals surface area contributed by atoms with Gasteiger partial charge in [-0.1, -0.05) is 12.8 Å². The summed E-state index contributed by atoms with van der Waals surface area (Å²) in [7, 11) is 0. The summed E-state index contributed by atoms with van der Waals surface area (Å²) in [5, 5.41) is 15.2. The first-order valence-electron chi connectivity index (χ1n) is 9.09. The van der Waals surface area contributed by atoms with Gasteiger partial charge < -0.3 is 5.11 Å². The van der Waals surface area contributed by atoms with E-state index in [1.807, 2.05) is 6.20 Å². The smallest absolute Gasteiger partial charge is 0.0662 e. The van der Waals surface area contributed by atoms with Gasteiger partial charge in [0.2, 0.25) is 0 Å². The van der Waals surface area contributed by atoms with E-state index in [0.29, 0.717) is 12.0 Å². The Bertz CT molecular complexity index is 482. The molecular weight excluding hydrogens is 274 g/mol. The minimum absolute atomic E-state index is 0.458. The molecule has 3 unspecified atom stereocenters. The second-order valence-corrected chi connectivity index (χ2v) is 7.34.